The molecule has 8 rings (SSSR count). The van der Waals surface area contributed by atoms with Crippen LogP contribution < -0.4 is 0 Å². The highest BCUT2D eigenvalue weighted by molar-refractivity contribution is 6.50. The average molecular weight is 530 g/mol. The van der Waals surface area contributed by atoms with E-state index in [1.165, 1.54) is 0 Å². The van der Waals surface area contributed by atoms with E-state index in [-0.39, 0.29) is 0 Å². The highest BCUT2D eigenvalue weighted by Gasteiger charge is 2.19. The number of furan rings is 1. The number of nitrogens with zero attached hydrogens (tertiary/aromatic N) is 4. The lowest BCUT2D eigenvalue weighted by Crippen LogP contribution is -2.04. The third-order valence-corrected chi connectivity index (χ3v) is 8.06. The molecular weight excluding hydrogens is 508 g/mol. The maximum Gasteiger partial charge on any atom is 0.153 e. The minimum Gasteiger partial charge on any atom is -0.462 e. The first kappa shape index (κ1) is 22.8. The number of fused-ring (bicyclic) bond motifs is 5. The van der Waals surface area contributed by atoms with Gasteiger partial charge in [-0.3, -0.25) is 9.55 Å². The van der Waals surface area contributed by atoms with Crippen LogP contribution in [-0.4, -0.2) is 34.5 Å². The smallest absolute Gasteiger partial charge is 0.153 e. The molecule has 0 atom stereocenters. The van der Waals surface area contributed by atoms with E-state index in [0.717, 1.165) is 77.3 Å². The minimum atomic E-state index is 0.742. The van der Waals surface area contributed by atoms with E-state index in [0.29, 0.717) is 0 Å². The van der Waals surface area contributed by atoms with Crippen molar-refractivity contribution in [2.75, 3.05) is 0 Å². The van der Waals surface area contributed by atoms with Gasteiger partial charge in [-0.05, 0) is 47.1 Å². The van der Waals surface area contributed by atoms with Gasteiger partial charge >= 0.3 is 0 Å². The molecule has 6 heteroatoms. The number of hydrogen-bond acceptors (Lipinski definition) is 4. The standard InChI is InChI=1S/C34H21N4OSi/c40-33(21-9-2-1-3-10-21)26-20-39-29-16-17-30(36-32(26)29)38-28-15-5-4-12-23(28)25-19-22-11-8-13-24(31(22)37-34(25)38)27-14-6-7-18-35-27/h1-20,40H. The summed E-state index contributed by atoms with van der Waals surface area (Å²) in [5, 5.41) is 4.32. The summed E-state index contributed by atoms with van der Waals surface area (Å²) in [5.74, 6) is 0.786. The van der Waals surface area contributed by atoms with E-state index < -0.39 is 0 Å². The second kappa shape index (κ2) is 8.93. The molecule has 0 unspecified atom stereocenters. The topological polar surface area (TPSA) is 56.7 Å². The molecule has 5 aromatic heterocycles. The van der Waals surface area contributed by atoms with Gasteiger partial charge in [0.1, 0.15) is 23.2 Å². The SMILES string of the molecule is [SiH]=C(c1ccccc1)c1coc2ccc(-n3c4ccccc4c4cc5cccc(-c6ccccn6)c5nc43)nc12. The molecule has 0 N–H and O–H groups in total. The Balaban J connectivity index is 1.40. The first-order chi connectivity index (χ1) is 19.8. The Bertz CT molecular complexity index is 2230. The van der Waals surface area contributed by atoms with E-state index in [4.69, 9.17) is 14.4 Å². The fourth-order valence-electron chi connectivity index (χ4n) is 5.52. The highest BCUT2D eigenvalue weighted by Crippen LogP contribution is 2.35. The number of rotatable bonds is 4. The predicted molar refractivity (Wildman–Crippen MR) is 164 cm³/mol. The Kier molecular flexibility index (Phi) is 5.08. The summed E-state index contributed by atoms with van der Waals surface area (Å²) in [4.78, 5) is 15.1. The van der Waals surface area contributed by atoms with Gasteiger partial charge in [0.05, 0.1) is 16.7 Å². The molecule has 8 aromatic rings. The normalized spacial score (nSPS) is 11.6. The van der Waals surface area contributed by atoms with Crippen LogP contribution >= 0.6 is 0 Å². The van der Waals surface area contributed by atoms with E-state index in [2.05, 4.69) is 80.1 Å². The summed E-state index contributed by atoms with van der Waals surface area (Å²) < 4.78 is 8.09. The van der Waals surface area contributed by atoms with Crippen molar-refractivity contribution in [3.8, 4) is 17.1 Å². The summed E-state index contributed by atoms with van der Waals surface area (Å²) in [7, 11) is 2.86. The zero-order chi connectivity index (χ0) is 26.6. The maximum absolute atomic E-state index is 5.93. The van der Waals surface area contributed by atoms with Gasteiger partial charge in [-0.25, -0.2) is 9.97 Å². The summed E-state index contributed by atoms with van der Waals surface area (Å²) in [6.45, 7) is 0. The van der Waals surface area contributed by atoms with Gasteiger partial charge in [0.25, 0.3) is 0 Å². The van der Waals surface area contributed by atoms with Crippen LogP contribution in [0.4, 0.5) is 0 Å². The molecule has 3 aromatic carbocycles. The van der Waals surface area contributed by atoms with Gasteiger partial charge < -0.3 is 4.42 Å². The first-order valence-corrected chi connectivity index (χ1v) is 13.7. The molecule has 0 saturated heterocycles. The Hall–Kier alpha value is -5.20. The van der Waals surface area contributed by atoms with E-state index in [1.54, 1.807) is 6.26 Å². The van der Waals surface area contributed by atoms with Crippen LogP contribution in [0.25, 0.3) is 61.0 Å². The number of benzene rings is 3. The van der Waals surface area contributed by atoms with Crippen molar-refractivity contribution in [1.82, 2.24) is 19.5 Å². The fourth-order valence-corrected chi connectivity index (χ4v) is 5.92. The molecule has 0 aliphatic heterocycles. The summed E-state index contributed by atoms with van der Waals surface area (Å²) >= 11 is 0. The van der Waals surface area contributed by atoms with Crippen LogP contribution in [0, 0.1) is 0 Å². The van der Waals surface area contributed by atoms with Gasteiger partial charge in [-0.1, -0.05) is 72.8 Å². The van der Waals surface area contributed by atoms with Gasteiger partial charge in [0.2, 0.25) is 0 Å². The van der Waals surface area contributed by atoms with Crippen molar-refractivity contribution in [2.24, 2.45) is 0 Å². The Labute approximate surface area is 232 Å². The van der Waals surface area contributed by atoms with Crippen molar-refractivity contribution in [2.45, 2.75) is 0 Å². The van der Waals surface area contributed by atoms with Crippen molar-refractivity contribution in [3.63, 3.8) is 0 Å². The third kappa shape index (κ3) is 3.47. The summed E-state index contributed by atoms with van der Waals surface area (Å²) in [6.07, 6.45) is 3.60. The molecule has 0 amide bonds. The molecule has 1 radical (unpaired) electrons. The molecule has 5 heterocycles. The second-order valence-electron chi connectivity index (χ2n) is 9.75. The minimum absolute atomic E-state index is 0.742. The number of para-hydroxylation sites is 2. The average Bonchev–Trinajstić information content (AvgIpc) is 3.58. The van der Waals surface area contributed by atoms with Crippen LogP contribution in [0.5, 0.6) is 0 Å². The van der Waals surface area contributed by atoms with Gasteiger partial charge in [0, 0.05) is 43.3 Å². The van der Waals surface area contributed by atoms with Crippen LogP contribution in [-0.2, 0) is 0 Å². The molecule has 40 heavy (non-hydrogen) atoms. The number of aromatic nitrogens is 4. The maximum atomic E-state index is 5.93. The van der Waals surface area contributed by atoms with Crippen LogP contribution in [0.15, 0.2) is 126 Å². The molecule has 0 spiro atoms. The summed E-state index contributed by atoms with van der Waals surface area (Å²) in [6, 6.07) is 37.1. The third-order valence-electron chi connectivity index (χ3n) is 7.42. The number of pyridine rings is 3. The van der Waals surface area contributed by atoms with Gasteiger partial charge in [-0.15, -0.1) is 0 Å². The van der Waals surface area contributed by atoms with Crippen molar-refractivity contribution < 1.29 is 4.42 Å². The number of hydrogen-bond donors (Lipinski definition) is 0. The van der Waals surface area contributed by atoms with E-state index in [1.807, 2.05) is 54.7 Å². The Morgan fingerprint density at radius 3 is 2.45 bits per heavy atom. The quantitative estimate of drug-likeness (QED) is 0.230. The van der Waals surface area contributed by atoms with Crippen LogP contribution in [0.1, 0.15) is 11.1 Å². The Morgan fingerprint density at radius 2 is 1.57 bits per heavy atom. The molecule has 0 fully saturated rings. The second-order valence-corrected chi connectivity index (χ2v) is 10.3. The van der Waals surface area contributed by atoms with Gasteiger partial charge in [-0.2, -0.15) is 0 Å². The summed E-state index contributed by atoms with van der Waals surface area (Å²) in [5.41, 5.74) is 8.32. The lowest BCUT2D eigenvalue weighted by atomic mass is 10.0. The van der Waals surface area contributed by atoms with Gasteiger partial charge in [0.15, 0.2) is 5.58 Å². The van der Waals surface area contributed by atoms with Crippen LogP contribution in [0.3, 0.4) is 0 Å². The fraction of sp³-hybridized carbons (Fsp3) is 0. The lowest BCUT2D eigenvalue weighted by Gasteiger charge is -2.09. The van der Waals surface area contributed by atoms with Crippen LogP contribution in [0.2, 0.25) is 0 Å². The zero-order valence-corrected chi connectivity index (χ0v) is 22.5. The highest BCUT2D eigenvalue weighted by atomic mass is 28.1. The largest absolute Gasteiger partial charge is 0.462 e. The molecule has 5 nitrogen and oxygen atoms in total. The monoisotopic (exact) mass is 529 g/mol. The Morgan fingerprint density at radius 1 is 0.725 bits per heavy atom. The first-order valence-electron chi connectivity index (χ1n) is 13.1. The van der Waals surface area contributed by atoms with Crippen molar-refractivity contribution in [1.29, 1.82) is 0 Å². The zero-order valence-electron chi connectivity index (χ0n) is 21.3. The molecule has 0 bridgehead atoms. The molecule has 0 saturated carbocycles. The van der Waals surface area contributed by atoms with E-state index in [9.17, 15) is 0 Å². The molecular formula is C34H21N4OSi. The lowest BCUT2D eigenvalue weighted by molar-refractivity contribution is 0.614. The van der Waals surface area contributed by atoms with Crippen molar-refractivity contribution in [3.05, 3.63) is 133 Å². The van der Waals surface area contributed by atoms with E-state index >= 15 is 0 Å². The molecule has 187 valence electrons. The predicted octanol–water partition coefficient (Wildman–Crippen LogP) is 7.00. The van der Waals surface area contributed by atoms with Crippen molar-refractivity contribution >= 4 is 59.0 Å². The molecule has 0 aliphatic rings. The molecule has 0 aliphatic carbocycles.